The molecule has 4 nitrogen and oxygen atoms in total. The molecule has 0 heterocycles. The van der Waals surface area contributed by atoms with Gasteiger partial charge in [-0.25, -0.2) is 4.79 Å². The molecule has 0 bridgehead atoms. The minimum absolute atomic E-state index is 0.220. The van der Waals surface area contributed by atoms with E-state index in [0.717, 1.165) is 16.0 Å². The Morgan fingerprint density at radius 3 is 2.25 bits per heavy atom. The molecule has 0 aliphatic carbocycles. The van der Waals surface area contributed by atoms with E-state index >= 15 is 0 Å². The second kappa shape index (κ2) is 10.1. The molecule has 28 heavy (non-hydrogen) atoms. The lowest BCUT2D eigenvalue weighted by Crippen LogP contribution is -2.46. The Kier molecular flexibility index (Phi) is 7.88. The first-order valence-corrected chi connectivity index (χ1v) is 10.4. The van der Waals surface area contributed by atoms with Crippen LogP contribution in [-0.4, -0.2) is 35.2 Å². The maximum absolute atomic E-state index is 12.7. The predicted molar refractivity (Wildman–Crippen MR) is 115 cm³/mol. The van der Waals surface area contributed by atoms with Gasteiger partial charge in [-0.3, -0.25) is 4.79 Å². The molecule has 0 fully saturated rings. The Labute approximate surface area is 171 Å². The Bertz CT molecular complexity index is 808. The monoisotopic (exact) mass is 397 g/mol. The van der Waals surface area contributed by atoms with E-state index in [-0.39, 0.29) is 18.1 Å². The van der Waals surface area contributed by atoms with Crippen molar-refractivity contribution in [3.63, 3.8) is 0 Å². The summed E-state index contributed by atoms with van der Waals surface area (Å²) in [6.45, 7) is 6.09. The van der Waals surface area contributed by atoms with Gasteiger partial charge in [0.25, 0.3) is 5.91 Å². The second-order valence-corrected chi connectivity index (χ2v) is 8.23. The van der Waals surface area contributed by atoms with Crippen LogP contribution in [-0.2, 0) is 20.9 Å². The Hall–Kier alpha value is -2.53. The number of hydrogen-bond donors (Lipinski definition) is 0. The first-order chi connectivity index (χ1) is 13.3. The van der Waals surface area contributed by atoms with Gasteiger partial charge >= 0.3 is 5.97 Å². The van der Waals surface area contributed by atoms with Crippen molar-refractivity contribution < 1.29 is 14.3 Å². The van der Waals surface area contributed by atoms with Gasteiger partial charge in [0.05, 0.1) is 0 Å². The van der Waals surface area contributed by atoms with Gasteiger partial charge in [0.1, 0.15) is 0 Å². The summed E-state index contributed by atoms with van der Waals surface area (Å²) in [5, 5.41) is 0. The SMILES string of the molecule is CSc1ccc(/C=C/C(=O)OCC(=O)N(Cc2ccccc2)C(C)(C)C)cc1. The number of amides is 1. The summed E-state index contributed by atoms with van der Waals surface area (Å²) in [5.74, 6) is -0.752. The molecule has 2 rings (SSSR count). The van der Waals surface area contributed by atoms with Crippen molar-refractivity contribution >= 4 is 29.7 Å². The molecule has 0 unspecified atom stereocenters. The minimum atomic E-state index is -0.532. The van der Waals surface area contributed by atoms with Crippen LogP contribution in [0.15, 0.2) is 65.6 Å². The van der Waals surface area contributed by atoms with Crippen molar-refractivity contribution in [2.45, 2.75) is 37.8 Å². The fourth-order valence-corrected chi connectivity index (χ4v) is 3.01. The topological polar surface area (TPSA) is 46.6 Å². The lowest BCUT2D eigenvalue weighted by molar-refractivity contribution is -0.151. The summed E-state index contributed by atoms with van der Waals surface area (Å²) in [5.41, 5.74) is 1.56. The number of thioether (sulfide) groups is 1. The number of hydrogen-bond acceptors (Lipinski definition) is 4. The van der Waals surface area contributed by atoms with Crippen LogP contribution in [0, 0.1) is 0 Å². The van der Waals surface area contributed by atoms with Crippen LogP contribution in [0.5, 0.6) is 0 Å². The molecule has 5 heteroatoms. The van der Waals surface area contributed by atoms with Gasteiger partial charge in [0, 0.05) is 23.1 Å². The highest BCUT2D eigenvalue weighted by Gasteiger charge is 2.27. The van der Waals surface area contributed by atoms with Crippen molar-refractivity contribution in [2.24, 2.45) is 0 Å². The average molecular weight is 398 g/mol. The van der Waals surface area contributed by atoms with E-state index < -0.39 is 5.97 Å². The van der Waals surface area contributed by atoms with Gasteiger partial charge in [-0.15, -0.1) is 11.8 Å². The minimum Gasteiger partial charge on any atom is -0.452 e. The molecule has 0 aliphatic rings. The molecule has 0 saturated heterocycles. The summed E-state index contributed by atoms with van der Waals surface area (Å²) in [4.78, 5) is 27.5. The summed E-state index contributed by atoms with van der Waals surface area (Å²) in [6, 6.07) is 17.6. The predicted octanol–water partition coefficient (Wildman–Crippen LogP) is 4.79. The smallest absolute Gasteiger partial charge is 0.331 e. The van der Waals surface area contributed by atoms with E-state index in [0.29, 0.717) is 6.54 Å². The summed E-state index contributed by atoms with van der Waals surface area (Å²) >= 11 is 1.66. The van der Waals surface area contributed by atoms with Crippen molar-refractivity contribution in [2.75, 3.05) is 12.9 Å². The van der Waals surface area contributed by atoms with Crippen LogP contribution in [0.4, 0.5) is 0 Å². The van der Waals surface area contributed by atoms with E-state index in [4.69, 9.17) is 4.74 Å². The lowest BCUT2D eigenvalue weighted by Gasteiger charge is -2.35. The maximum Gasteiger partial charge on any atom is 0.331 e. The maximum atomic E-state index is 12.7. The first kappa shape index (κ1) is 21.8. The number of nitrogens with zero attached hydrogens (tertiary/aromatic N) is 1. The molecule has 0 spiro atoms. The summed E-state index contributed by atoms with van der Waals surface area (Å²) < 4.78 is 5.16. The van der Waals surface area contributed by atoms with Gasteiger partial charge < -0.3 is 9.64 Å². The normalized spacial score (nSPS) is 11.4. The third-order valence-electron chi connectivity index (χ3n) is 4.16. The number of esters is 1. The number of carbonyl (C=O) groups is 2. The third kappa shape index (κ3) is 6.89. The van der Waals surface area contributed by atoms with Crippen LogP contribution in [0.1, 0.15) is 31.9 Å². The molecule has 0 saturated carbocycles. The van der Waals surface area contributed by atoms with Crippen molar-refractivity contribution in [1.29, 1.82) is 0 Å². The second-order valence-electron chi connectivity index (χ2n) is 7.35. The molecule has 148 valence electrons. The third-order valence-corrected chi connectivity index (χ3v) is 4.90. The van der Waals surface area contributed by atoms with Crippen molar-refractivity contribution in [3.05, 3.63) is 71.8 Å². The Morgan fingerprint density at radius 2 is 1.68 bits per heavy atom. The van der Waals surface area contributed by atoms with Crippen molar-refractivity contribution in [3.8, 4) is 0 Å². The van der Waals surface area contributed by atoms with Crippen LogP contribution in [0.3, 0.4) is 0 Å². The first-order valence-electron chi connectivity index (χ1n) is 9.13. The number of benzene rings is 2. The van der Waals surface area contributed by atoms with Crippen LogP contribution in [0.25, 0.3) is 6.08 Å². The Morgan fingerprint density at radius 1 is 1.04 bits per heavy atom. The van der Waals surface area contributed by atoms with Crippen molar-refractivity contribution in [1.82, 2.24) is 4.90 Å². The van der Waals surface area contributed by atoms with Crippen LogP contribution < -0.4 is 0 Å². The standard InChI is InChI=1S/C23H27NO3S/c1-23(2,3)24(16-19-8-6-5-7-9-19)21(25)17-27-22(26)15-12-18-10-13-20(28-4)14-11-18/h5-15H,16-17H2,1-4H3/b15-12+. The van der Waals surface area contributed by atoms with Crippen LogP contribution >= 0.6 is 11.8 Å². The zero-order chi connectivity index (χ0) is 20.6. The van der Waals surface area contributed by atoms with Gasteiger partial charge in [0.15, 0.2) is 6.61 Å². The molecule has 0 atom stereocenters. The molecule has 0 radical (unpaired) electrons. The number of rotatable bonds is 7. The molecule has 0 aromatic heterocycles. The highest BCUT2D eigenvalue weighted by molar-refractivity contribution is 7.98. The molecule has 0 N–H and O–H groups in total. The highest BCUT2D eigenvalue weighted by atomic mass is 32.2. The van der Waals surface area contributed by atoms with E-state index in [9.17, 15) is 9.59 Å². The highest BCUT2D eigenvalue weighted by Crippen LogP contribution is 2.18. The molecule has 0 aliphatic heterocycles. The zero-order valence-electron chi connectivity index (χ0n) is 16.8. The number of carbonyl (C=O) groups excluding carboxylic acids is 2. The molecule has 2 aromatic rings. The lowest BCUT2D eigenvalue weighted by atomic mass is 10.0. The summed E-state index contributed by atoms with van der Waals surface area (Å²) in [7, 11) is 0. The van der Waals surface area contributed by atoms with Gasteiger partial charge in [-0.1, -0.05) is 42.5 Å². The fraction of sp³-hybridized carbons (Fsp3) is 0.304. The molecule has 2 aromatic carbocycles. The van der Waals surface area contributed by atoms with E-state index in [1.165, 1.54) is 6.08 Å². The van der Waals surface area contributed by atoms with E-state index in [1.807, 2.05) is 81.6 Å². The Balaban J connectivity index is 1.93. The van der Waals surface area contributed by atoms with Gasteiger partial charge in [-0.2, -0.15) is 0 Å². The average Bonchev–Trinajstić information content (AvgIpc) is 2.69. The van der Waals surface area contributed by atoms with Crippen LogP contribution in [0.2, 0.25) is 0 Å². The summed E-state index contributed by atoms with van der Waals surface area (Å²) in [6.07, 6.45) is 5.04. The molecule has 1 amide bonds. The quantitative estimate of drug-likeness (QED) is 0.383. The zero-order valence-corrected chi connectivity index (χ0v) is 17.7. The van der Waals surface area contributed by atoms with E-state index in [1.54, 1.807) is 22.7 Å². The largest absolute Gasteiger partial charge is 0.452 e. The van der Waals surface area contributed by atoms with Gasteiger partial charge in [0.2, 0.25) is 0 Å². The van der Waals surface area contributed by atoms with Gasteiger partial charge in [-0.05, 0) is 56.4 Å². The number of ether oxygens (including phenoxy) is 1. The van der Waals surface area contributed by atoms with E-state index in [2.05, 4.69) is 0 Å². The molecular formula is C23H27NO3S. The molecular weight excluding hydrogens is 370 g/mol. The fourth-order valence-electron chi connectivity index (χ4n) is 2.60.